The Morgan fingerprint density at radius 2 is 0.828 bits per heavy atom. The lowest BCUT2D eigenvalue weighted by atomic mass is 9.96. The van der Waals surface area contributed by atoms with E-state index in [2.05, 4.69) is 170 Å². The lowest BCUT2D eigenvalue weighted by molar-refractivity contribution is 0.669. The number of aromatic nitrogens is 3. The fraction of sp³-hybridized carbons (Fsp3) is 0. The molecule has 5 heterocycles. The van der Waals surface area contributed by atoms with E-state index in [0.29, 0.717) is 17.5 Å². The van der Waals surface area contributed by atoms with Gasteiger partial charge in [-0.2, -0.15) is 0 Å². The van der Waals surface area contributed by atoms with Crippen LogP contribution in [0.25, 0.3) is 141 Å². The highest BCUT2D eigenvalue weighted by atomic mass is 32.1. The van der Waals surface area contributed by atoms with Gasteiger partial charge in [-0.05, 0) is 65.2 Å². The minimum atomic E-state index is 0.586. The zero-order chi connectivity index (χ0) is 41.9. The summed E-state index contributed by atoms with van der Waals surface area (Å²) < 4.78 is 18.2. The summed E-state index contributed by atoms with van der Waals surface area (Å²) in [6, 6.07) is 66.1. The van der Waals surface area contributed by atoms with E-state index in [1.54, 1.807) is 22.7 Å². The second-order valence-electron chi connectivity index (χ2n) is 16.2. The number of furan rings is 2. The number of para-hydroxylation sites is 1. The highest BCUT2D eigenvalue weighted by Crippen LogP contribution is 2.44. The monoisotopic (exact) mass is 853 g/mol. The quantitative estimate of drug-likeness (QED) is 0.173. The molecule has 0 atom stereocenters. The fourth-order valence-electron chi connectivity index (χ4n) is 9.60. The van der Waals surface area contributed by atoms with Crippen molar-refractivity contribution in [3.05, 3.63) is 188 Å². The third-order valence-electron chi connectivity index (χ3n) is 12.6. The largest absolute Gasteiger partial charge is 0.456 e. The van der Waals surface area contributed by atoms with Gasteiger partial charge in [-0.25, -0.2) is 15.0 Å². The maximum atomic E-state index is 6.65. The van der Waals surface area contributed by atoms with Crippen molar-refractivity contribution < 1.29 is 8.83 Å². The van der Waals surface area contributed by atoms with Gasteiger partial charge >= 0.3 is 0 Å². The van der Waals surface area contributed by atoms with Crippen molar-refractivity contribution in [2.24, 2.45) is 0 Å². The zero-order valence-corrected chi connectivity index (χ0v) is 35.5. The first-order valence-electron chi connectivity index (χ1n) is 21.2. The number of rotatable bonds is 5. The van der Waals surface area contributed by atoms with Crippen molar-refractivity contribution >= 4 is 107 Å². The van der Waals surface area contributed by atoms with E-state index >= 15 is 0 Å². The normalized spacial score (nSPS) is 12.1. The molecule has 0 radical (unpaired) electrons. The third-order valence-corrected chi connectivity index (χ3v) is 14.8. The molecule has 0 aliphatic carbocycles. The van der Waals surface area contributed by atoms with Crippen LogP contribution >= 0.6 is 22.7 Å². The Morgan fingerprint density at radius 3 is 1.53 bits per heavy atom. The summed E-state index contributed by atoms with van der Waals surface area (Å²) in [5, 5.41) is 9.09. The SMILES string of the molecule is c1ccc(-c2cccc3c2oc2cccc(-c4ccc5oc6cccc(-c7nc(-c8ccc9c(c8)sc8ccccc89)nc(-c8ccc9c(c8)sc8ccccc89)n7)c6c5c4)c23)cc1. The third kappa shape index (κ3) is 5.45. The average molecular weight is 854 g/mol. The first kappa shape index (κ1) is 35.6. The summed E-state index contributed by atoms with van der Waals surface area (Å²) >= 11 is 3.58. The van der Waals surface area contributed by atoms with Crippen LogP contribution in [0.3, 0.4) is 0 Å². The minimum absolute atomic E-state index is 0.586. The van der Waals surface area contributed by atoms with E-state index in [4.69, 9.17) is 23.8 Å². The number of fused-ring (bicyclic) bond motifs is 12. The van der Waals surface area contributed by atoms with E-state index < -0.39 is 0 Å². The first-order valence-corrected chi connectivity index (χ1v) is 22.9. The molecule has 0 aliphatic rings. The Labute approximate surface area is 373 Å². The maximum Gasteiger partial charge on any atom is 0.164 e. The number of hydrogen-bond donors (Lipinski definition) is 0. The molecule has 0 saturated heterocycles. The predicted octanol–water partition coefficient (Wildman–Crippen LogP) is 16.7. The molecule has 0 unspecified atom stereocenters. The highest BCUT2D eigenvalue weighted by molar-refractivity contribution is 7.26. The molecule has 7 heteroatoms. The molecular weight excluding hydrogens is 823 g/mol. The van der Waals surface area contributed by atoms with Crippen LogP contribution in [0.4, 0.5) is 0 Å². The Morgan fingerprint density at radius 1 is 0.297 bits per heavy atom. The molecule has 0 amide bonds. The van der Waals surface area contributed by atoms with Crippen molar-refractivity contribution in [2.75, 3.05) is 0 Å². The highest BCUT2D eigenvalue weighted by Gasteiger charge is 2.21. The number of thiophene rings is 2. The number of hydrogen-bond acceptors (Lipinski definition) is 7. The molecule has 9 aromatic carbocycles. The van der Waals surface area contributed by atoms with Crippen LogP contribution in [0, 0.1) is 0 Å². The van der Waals surface area contributed by atoms with Crippen LogP contribution in [0.2, 0.25) is 0 Å². The lowest BCUT2D eigenvalue weighted by Crippen LogP contribution is -2.00. The molecule has 298 valence electrons. The molecule has 64 heavy (non-hydrogen) atoms. The van der Waals surface area contributed by atoms with Gasteiger partial charge in [0, 0.05) is 84.1 Å². The zero-order valence-electron chi connectivity index (χ0n) is 33.9. The van der Waals surface area contributed by atoms with E-state index in [-0.39, 0.29) is 0 Å². The molecule has 5 nitrogen and oxygen atoms in total. The Bertz CT molecular complexity index is 4080. The van der Waals surface area contributed by atoms with Gasteiger partial charge in [-0.1, -0.05) is 140 Å². The predicted molar refractivity (Wildman–Crippen MR) is 267 cm³/mol. The summed E-state index contributed by atoms with van der Waals surface area (Å²) in [6.45, 7) is 0. The van der Waals surface area contributed by atoms with Gasteiger partial charge in [0.25, 0.3) is 0 Å². The van der Waals surface area contributed by atoms with Crippen LogP contribution in [0.1, 0.15) is 0 Å². The van der Waals surface area contributed by atoms with Gasteiger partial charge in [0.05, 0.1) is 0 Å². The average Bonchev–Trinajstić information content (AvgIpc) is 4.13. The van der Waals surface area contributed by atoms with Crippen molar-refractivity contribution in [2.45, 2.75) is 0 Å². The van der Waals surface area contributed by atoms with Gasteiger partial charge in [0.15, 0.2) is 17.5 Å². The maximum absolute atomic E-state index is 6.65. The van der Waals surface area contributed by atoms with Gasteiger partial charge in [-0.15, -0.1) is 22.7 Å². The summed E-state index contributed by atoms with van der Waals surface area (Å²) in [6.07, 6.45) is 0. The summed E-state index contributed by atoms with van der Waals surface area (Å²) in [4.78, 5) is 15.8. The summed E-state index contributed by atoms with van der Waals surface area (Å²) in [5.74, 6) is 1.83. The smallest absolute Gasteiger partial charge is 0.164 e. The minimum Gasteiger partial charge on any atom is -0.456 e. The fourth-order valence-corrected chi connectivity index (χ4v) is 11.9. The van der Waals surface area contributed by atoms with Crippen LogP contribution in [-0.4, -0.2) is 15.0 Å². The topological polar surface area (TPSA) is 65.0 Å². The molecule has 0 saturated carbocycles. The lowest BCUT2D eigenvalue weighted by Gasteiger charge is -2.10. The van der Waals surface area contributed by atoms with Crippen molar-refractivity contribution in [3.63, 3.8) is 0 Å². The molecule has 0 fully saturated rings. The van der Waals surface area contributed by atoms with Gasteiger partial charge in [0.2, 0.25) is 0 Å². The van der Waals surface area contributed by atoms with Crippen LogP contribution in [-0.2, 0) is 0 Å². The second kappa shape index (κ2) is 13.8. The van der Waals surface area contributed by atoms with Crippen LogP contribution in [0.5, 0.6) is 0 Å². The Balaban J connectivity index is 0.971. The standard InChI is InChI=1S/C57H31N3O2S2/c1-2-11-32(12-3-1)37-16-8-17-42-52-36(15-9-20-47(52)62-54(37)42)33-25-28-45-44(29-33)53-43(18-10-19-46(53)61-45)57-59-55(34-23-26-40-38-13-4-6-21-48(38)63-50(40)30-34)58-56(60-57)35-24-27-41-39-14-5-7-22-49(39)64-51(41)31-35/h1-31H. The van der Waals surface area contributed by atoms with Gasteiger partial charge < -0.3 is 8.83 Å². The second-order valence-corrected chi connectivity index (χ2v) is 18.4. The van der Waals surface area contributed by atoms with Crippen LogP contribution < -0.4 is 0 Å². The Kier molecular flexibility index (Phi) is 7.66. The van der Waals surface area contributed by atoms with Crippen molar-refractivity contribution in [1.29, 1.82) is 0 Å². The van der Waals surface area contributed by atoms with Crippen LogP contribution in [0.15, 0.2) is 197 Å². The molecule has 14 aromatic rings. The molecular formula is C57H31N3O2S2. The van der Waals surface area contributed by atoms with E-state index in [9.17, 15) is 0 Å². The van der Waals surface area contributed by atoms with Crippen molar-refractivity contribution in [3.8, 4) is 56.4 Å². The van der Waals surface area contributed by atoms with Crippen molar-refractivity contribution in [1.82, 2.24) is 15.0 Å². The number of nitrogens with zero attached hydrogens (tertiary/aromatic N) is 3. The molecule has 0 spiro atoms. The Hall–Kier alpha value is -7.97. The number of benzene rings is 9. The van der Waals surface area contributed by atoms with Gasteiger partial charge in [-0.3, -0.25) is 0 Å². The molecule has 14 rings (SSSR count). The van der Waals surface area contributed by atoms with E-state index in [0.717, 1.165) is 82.8 Å². The summed E-state index contributed by atoms with van der Waals surface area (Å²) in [7, 11) is 0. The molecule has 0 N–H and O–H groups in total. The summed E-state index contributed by atoms with van der Waals surface area (Å²) in [5.41, 5.74) is 10.4. The van der Waals surface area contributed by atoms with Gasteiger partial charge in [0.1, 0.15) is 22.3 Å². The van der Waals surface area contributed by atoms with E-state index in [1.165, 1.54) is 40.3 Å². The molecule has 0 aliphatic heterocycles. The first-order chi connectivity index (χ1) is 31.7. The molecule has 0 bridgehead atoms. The van der Waals surface area contributed by atoms with E-state index in [1.807, 2.05) is 18.2 Å². The molecule has 5 aromatic heterocycles.